The van der Waals surface area contributed by atoms with Crippen molar-refractivity contribution in [2.24, 2.45) is 0 Å². The molecule has 0 bridgehead atoms. The Labute approximate surface area is 78.2 Å². The van der Waals surface area contributed by atoms with E-state index in [-0.39, 0.29) is 18.1 Å². The van der Waals surface area contributed by atoms with Crippen molar-refractivity contribution in [1.82, 2.24) is 0 Å². The van der Waals surface area contributed by atoms with Crippen LogP contribution in [0.2, 0.25) is 0 Å². The lowest BCUT2D eigenvalue weighted by Gasteiger charge is -2.46. The second-order valence-corrected chi connectivity index (χ2v) is 3.77. The van der Waals surface area contributed by atoms with Crippen LogP contribution >= 0.6 is 0 Å². The Balaban J connectivity index is 2.26. The topological polar surface area (TPSA) is 29.5 Å². The molecule has 1 aliphatic rings. The van der Waals surface area contributed by atoms with Gasteiger partial charge in [-0.3, -0.25) is 0 Å². The number of hydrogen-bond acceptors (Lipinski definition) is 2. The Hall–Kier alpha value is -0.860. The van der Waals surface area contributed by atoms with E-state index in [4.69, 9.17) is 9.84 Å². The van der Waals surface area contributed by atoms with Gasteiger partial charge in [0.05, 0.1) is 19.3 Å². The summed E-state index contributed by atoms with van der Waals surface area (Å²) in [7, 11) is 0. The Kier molecular flexibility index (Phi) is 2.10. The molecular weight excluding hydrogens is 164 g/mol. The molecule has 0 aliphatic carbocycles. The number of rotatable bonds is 2. The van der Waals surface area contributed by atoms with E-state index in [1.807, 2.05) is 18.2 Å². The van der Waals surface area contributed by atoms with Crippen LogP contribution in [0.1, 0.15) is 12.5 Å². The van der Waals surface area contributed by atoms with Crippen LogP contribution in [0.5, 0.6) is 0 Å². The summed E-state index contributed by atoms with van der Waals surface area (Å²) in [5.41, 5.74) is 1.26. The molecule has 2 nitrogen and oxygen atoms in total. The van der Waals surface area contributed by atoms with E-state index < -0.39 is 0 Å². The van der Waals surface area contributed by atoms with E-state index in [2.05, 4.69) is 19.1 Å². The summed E-state index contributed by atoms with van der Waals surface area (Å²) < 4.78 is 5.30. The second-order valence-electron chi connectivity index (χ2n) is 3.77. The van der Waals surface area contributed by atoms with E-state index >= 15 is 0 Å². The molecule has 2 unspecified atom stereocenters. The monoisotopic (exact) mass is 178 g/mol. The molecule has 0 radical (unpaired) electrons. The van der Waals surface area contributed by atoms with Crippen LogP contribution in [0.4, 0.5) is 0 Å². The fraction of sp³-hybridized carbons (Fsp3) is 0.455. The fourth-order valence-electron chi connectivity index (χ4n) is 1.79. The van der Waals surface area contributed by atoms with Gasteiger partial charge in [0.1, 0.15) is 0 Å². The predicted octanol–water partition coefficient (Wildman–Crippen LogP) is 1.34. The highest BCUT2D eigenvalue weighted by molar-refractivity contribution is 5.28. The first-order valence-electron chi connectivity index (χ1n) is 4.55. The largest absolute Gasteiger partial charge is 0.394 e. The molecule has 1 fully saturated rings. The average molecular weight is 178 g/mol. The van der Waals surface area contributed by atoms with E-state index in [1.54, 1.807) is 0 Å². The lowest BCUT2D eigenvalue weighted by Crippen LogP contribution is -2.55. The molecule has 1 heterocycles. The second kappa shape index (κ2) is 3.13. The molecule has 1 aromatic rings. The minimum absolute atomic E-state index is 0.00993. The molecule has 1 aromatic carbocycles. The molecule has 1 aliphatic heterocycles. The van der Waals surface area contributed by atoms with Crippen molar-refractivity contribution < 1.29 is 9.84 Å². The smallest absolute Gasteiger partial charge is 0.0921 e. The highest BCUT2D eigenvalue weighted by Crippen LogP contribution is 2.37. The van der Waals surface area contributed by atoms with Crippen molar-refractivity contribution in [3.63, 3.8) is 0 Å². The van der Waals surface area contributed by atoms with Gasteiger partial charge in [0.2, 0.25) is 0 Å². The van der Waals surface area contributed by atoms with Crippen molar-refractivity contribution >= 4 is 0 Å². The first-order valence-corrected chi connectivity index (χ1v) is 4.55. The van der Waals surface area contributed by atoms with Crippen LogP contribution in [0, 0.1) is 0 Å². The Bertz CT molecular complexity index is 281. The van der Waals surface area contributed by atoms with E-state index in [0.717, 1.165) is 0 Å². The maximum Gasteiger partial charge on any atom is 0.0921 e. The van der Waals surface area contributed by atoms with Crippen LogP contribution in [0.3, 0.4) is 0 Å². The van der Waals surface area contributed by atoms with E-state index in [0.29, 0.717) is 6.61 Å². The first kappa shape index (κ1) is 8.73. The van der Waals surface area contributed by atoms with E-state index in [9.17, 15) is 0 Å². The number of aliphatic hydroxyl groups excluding tert-OH is 1. The molecule has 2 heteroatoms. The van der Waals surface area contributed by atoms with Gasteiger partial charge in [-0.25, -0.2) is 0 Å². The van der Waals surface area contributed by atoms with Gasteiger partial charge < -0.3 is 9.84 Å². The average Bonchev–Trinajstić information content (AvgIpc) is 2.17. The molecular formula is C11H14O2. The zero-order chi connectivity index (χ0) is 9.31. The third-order valence-corrected chi connectivity index (χ3v) is 2.89. The number of benzene rings is 1. The fourth-order valence-corrected chi connectivity index (χ4v) is 1.79. The summed E-state index contributed by atoms with van der Waals surface area (Å²) in [6.07, 6.45) is -0.0325. The van der Waals surface area contributed by atoms with Gasteiger partial charge in [0.25, 0.3) is 0 Å². The maximum absolute atomic E-state index is 9.06. The van der Waals surface area contributed by atoms with Crippen LogP contribution in [-0.4, -0.2) is 24.4 Å². The summed E-state index contributed by atoms with van der Waals surface area (Å²) in [6, 6.07) is 10.2. The lowest BCUT2D eigenvalue weighted by molar-refractivity contribution is -0.150. The molecule has 2 atom stereocenters. The van der Waals surface area contributed by atoms with Crippen molar-refractivity contribution in [2.75, 3.05) is 13.2 Å². The van der Waals surface area contributed by atoms with Gasteiger partial charge in [-0.2, -0.15) is 0 Å². The van der Waals surface area contributed by atoms with Crippen molar-refractivity contribution in [2.45, 2.75) is 18.4 Å². The zero-order valence-corrected chi connectivity index (χ0v) is 7.73. The Morgan fingerprint density at radius 2 is 2.15 bits per heavy atom. The molecule has 70 valence electrons. The molecule has 1 N–H and O–H groups in total. The Morgan fingerprint density at radius 3 is 2.62 bits per heavy atom. The van der Waals surface area contributed by atoms with Gasteiger partial charge in [0.15, 0.2) is 0 Å². The maximum atomic E-state index is 9.06. The minimum Gasteiger partial charge on any atom is -0.394 e. The molecule has 0 saturated carbocycles. The lowest BCUT2D eigenvalue weighted by atomic mass is 9.74. The van der Waals surface area contributed by atoms with Gasteiger partial charge in [0, 0.05) is 5.41 Å². The molecule has 0 aromatic heterocycles. The summed E-state index contributed by atoms with van der Waals surface area (Å²) in [5, 5.41) is 9.06. The molecule has 1 saturated heterocycles. The first-order chi connectivity index (χ1) is 6.27. The number of hydrogen-bond donors (Lipinski definition) is 1. The van der Waals surface area contributed by atoms with Crippen molar-refractivity contribution in [3.8, 4) is 0 Å². The third-order valence-electron chi connectivity index (χ3n) is 2.89. The van der Waals surface area contributed by atoms with Crippen molar-refractivity contribution in [1.29, 1.82) is 0 Å². The predicted molar refractivity (Wildman–Crippen MR) is 50.6 cm³/mol. The third kappa shape index (κ3) is 1.26. The molecule has 13 heavy (non-hydrogen) atoms. The van der Waals surface area contributed by atoms with Gasteiger partial charge in [-0.1, -0.05) is 37.3 Å². The molecule has 2 rings (SSSR count). The molecule has 0 amide bonds. The van der Waals surface area contributed by atoms with Crippen LogP contribution in [0.15, 0.2) is 30.3 Å². The normalized spacial score (nSPS) is 32.6. The molecule has 0 spiro atoms. The van der Waals surface area contributed by atoms with Crippen LogP contribution in [0.25, 0.3) is 0 Å². The summed E-state index contributed by atoms with van der Waals surface area (Å²) in [6.45, 7) is 2.94. The minimum atomic E-state index is -0.0325. The van der Waals surface area contributed by atoms with Crippen molar-refractivity contribution in [3.05, 3.63) is 35.9 Å². The SMILES string of the molecule is CC1(c2ccccc2)COC1CO. The van der Waals surface area contributed by atoms with Gasteiger partial charge >= 0.3 is 0 Å². The number of ether oxygens (including phenoxy) is 1. The van der Waals surface area contributed by atoms with E-state index in [1.165, 1.54) is 5.56 Å². The summed E-state index contributed by atoms with van der Waals surface area (Å²) in [5.74, 6) is 0. The number of aliphatic hydroxyl groups is 1. The van der Waals surface area contributed by atoms with Crippen LogP contribution < -0.4 is 0 Å². The van der Waals surface area contributed by atoms with Gasteiger partial charge in [-0.05, 0) is 5.56 Å². The quantitative estimate of drug-likeness (QED) is 0.740. The standard InChI is InChI=1S/C11H14O2/c1-11(8-13-10(11)7-12)9-5-3-2-4-6-9/h2-6,10,12H,7-8H2,1H3. The zero-order valence-electron chi connectivity index (χ0n) is 7.73. The summed E-state index contributed by atoms with van der Waals surface area (Å²) >= 11 is 0. The Morgan fingerprint density at radius 1 is 1.46 bits per heavy atom. The van der Waals surface area contributed by atoms with Crippen LogP contribution in [-0.2, 0) is 10.2 Å². The van der Waals surface area contributed by atoms with Gasteiger partial charge in [-0.15, -0.1) is 0 Å². The summed E-state index contributed by atoms with van der Waals surface area (Å²) in [4.78, 5) is 0. The highest BCUT2D eigenvalue weighted by Gasteiger charge is 2.45. The highest BCUT2D eigenvalue weighted by atomic mass is 16.5.